The van der Waals surface area contributed by atoms with Gasteiger partial charge in [-0.3, -0.25) is 4.79 Å². The van der Waals surface area contributed by atoms with E-state index in [2.05, 4.69) is 5.32 Å². The molecule has 1 aromatic rings. The minimum absolute atomic E-state index is 0.0481. The van der Waals surface area contributed by atoms with Crippen LogP contribution >= 0.6 is 0 Å². The molecular weight excluding hydrogens is 276 g/mol. The van der Waals surface area contributed by atoms with Crippen molar-refractivity contribution in [2.45, 2.75) is 45.1 Å². The van der Waals surface area contributed by atoms with Gasteiger partial charge in [0, 0.05) is 6.42 Å². The Morgan fingerprint density at radius 2 is 1.95 bits per heavy atom. The van der Waals surface area contributed by atoms with Crippen LogP contribution in [-0.2, 0) is 14.8 Å². The summed E-state index contributed by atoms with van der Waals surface area (Å²) >= 11 is 0. The fraction of sp³-hybridized carbons (Fsp3) is 0.500. The monoisotopic (exact) mass is 298 g/mol. The van der Waals surface area contributed by atoms with Crippen molar-refractivity contribution in [1.82, 2.24) is 5.32 Å². The van der Waals surface area contributed by atoms with E-state index >= 15 is 0 Å². The first kappa shape index (κ1) is 16.7. The van der Waals surface area contributed by atoms with E-state index in [1.165, 1.54) is 12.1 Å². The number of carbonyl (C=O) groups is 1. The summed E-state index contributed by atoms with van der Waals surface area (Å²) in [5.74, 6) is -0.0639. The normalized spacial score (nSPS) is 13.8. The lowest BCUT2D eigenvalue weighted by Gasteiger charge is -2.20. The molecule has 1 atom stereocenters. The lowest BCUT2D eigenvalue weighted by atomic mass is 9.91. The summed E-state index contributed by atoms with van der Waals surface area (Å²) in [6.07, 6.45) is 0.409. The SMILES string of the molecule is CC(NC(=O)CC(C)(C)C)c1cccc(S(N)(=O)=O)c1. The van der Waals surface area contributed by atoms with E-state index in [1.54, 1.807) is 12.1 Å². The molecule has 0 radical (unpaired) electrons. The number of benzene rings is 1. The number of rotatable bonds is 4. The number of sulfonamides is 1. The molecule has 0 aliphatic carbocycles. The second-order valence-electron chi connectivity index (χ2n) is 6.14. The van der Waals surface area contributed by atoms with Crippen molar-refractivity contribution in [2.75, 3.05) is 0 Å². The molecule has 0 bridgehead atoms. The Hall–Kier alpha value is -1.40. The Bertz CT molecular complexity index is 589. The Kier molecular flexibility index (Phi) is 4.94. The second-order valence-corrected chi connectivity index (χ2v) is 7.71. The van der Waals surface area contributed by atoms with Gasteiger partial charge < -0.3 is 5.32 Å². The summed E-state index contributed by atoms with van der Waals surface area (Å²) in [6, 6.07) is 6.02. The van der Waals surface area contributed by atoms with Crippen LogP contribution in [0.15, 0.2) is 29.2 Å². The zero-order valence-electron chi connectivity index (χ0n) is 12.3. The highest BCUT2D eigenvalue weighted by molar-refractivity contribution is 7.89. The fourth-order valence-corrected chi connectivity index (χ4v) is 2.39. The van der Waals surface area contributed by atoms with Crippen LogP contribution in [0, 0.1) is 5.41 Å². The highest BCUT2D eigenvalue weighted by atomic mass is 32.2. The quantitative estimate of drug-likeness (QED) is 0.890. The van der Waals surface area contributed by atoms with Crippen molar-refractivity contribution in [3.8, 4) is 0 Å². The van der Waals surface area contributed by atoms with Crippen LogP contribution in [0.5, 0.6) is 0 Å². The Balaban J connectivity index is 2.83. The van der Waals surface area contributed by atoms with Crippen LogP contribution in [0.1, 0.15) is 45.7 Å². The first-order valence-electron chi connectivity index (χ1n) is 6.41. The first-order chi connectivity index (χ1) is 8.99. The number of hydrogen-bond donors (Lipinski definition) is 2. The van der Waals surface area contributed by atoms with E-state index in [0.717, 1.165) is 0 Å². The minimum atomic E-state index is -3.73. The smallest absolute Gasteiger partial charge is 0.238 e. The molecule has 1 unspecified atom stereocenters. The van der Waals surface area contributed by atoms with Crippen LogP contribution in [-0.4, -0.2) is 14.3 Å². The largest absolute Gasteiger partial charge is 0.350 e. The van der Waals surface area contributed by atoms with Gasteiger partial charge in [0.05, 0.1) is 10.9 Å². The lowest BCUT2D eigenvalue weighted by molar-refractivity contribution is -0.123. The predicted molar refractivity (Wildman–Crippen MR) is 78.4 cm³/mol. The molecule has 0 aromatic heterocycles. The number of carbonyl (C=O) groups excluding carboxylic acids is 1. The van der Waals surface area contributed by atoms with Gasteiger partial charge in [0.2, 0.25) is 15.9 Å². The van der Waals surface area contributed by atoms with Crippen LogP contribution < -0.4 is 10.5 Å². The molecule has 3 N–H and O–H groups in total. The van der Waals surface area contributed by atoms with Gasteiger partial charge in [-0.15, -0.1) is 0 Å². The molecule has 0 heterocycles. The molecule has 0 fully saturated rings. The van der Waals surface area contributed by atoms with Crippen molar-refractivity contribution < 1.29 is 13.2 Å². The molecule has 112 valence electrons. The molecular formula is C14H22N2O3S. The Labute approximate surface area is 120 Å². The van der Waals surface area contributed by atoms with E-state index < -0.39 is 10.0 Å². The molecule has 1 rings (SSSR count). The number of hydrogen-bond acceptors (Lipinski definition) is 3. The molecule has 0 saturated carbocycles. The van der Waals surface area contributed by atoms with Gasteiger partial charge in [0.15, 0.2) is 0 Å². The summed E-state index contributed by atoms with van der Waals surface area (Å²) in [4.78, 5) is 11.9. The maximum absolute atomic E-state index is 11.9. The second kappa shape index (κ2) is 5.93. The van der Waals surface area contributed by atoms with Gasteiger partial charge >= 0.3 is 0 Å². The van der Waals surface area contributed by atoms with Gasteiger partial charge in [-0.2, -0.15) is 0 Å². The number of nitrogens with one attached hydrogen (secondary N) is 1. The number of nitrogens with two attached hydrogens (primary N) is 1. The predicted octanol–water partition coefficient (Wildman–Crippen LogP) is 1.95. The third-order valence-corrected chi connectivity index (χ3v) is 3.67. The van der Waals surface area contributed by atoms with E-state index in [1.807, 2.05) is 27.7 Å². The standard InChI is InChI=1S/C14H22N2O3S/c1-10(16-13(17)9-14(2,3)4)11-6-5-7-12(8-11)20(15,18)19/h5-8,10H,9H2,1-4H3,(H,16,17)(H2,15,18,19). The Morgan fingerprint density at radius 1 is 1.35 bits per heavy atom. The topological polar surface area (TPSA) is 89.3 Å². The van der Waals surface area contributed by atoms with E-state index in [9.17, 15) is 13.2 Å². The van der Waals surface area contributed by atoms with Crippen molar-refractivity contribution in [2.24, 2.45) is 10.6 Å². The van der Waals surface area contributed by atoms with E-state index in [0.29, 0.717) is 12.0 Å². The third-order valence-electron chi connectivity index (χ3n) is 2.76. The summed E-state index contributed by atoms with van der Waals surface area (Å²) in [5.41, 5.74) is 0.616. The van der Waals surface area contributed by atoms with E-state index in [4.69, 9.17) is 5.14 Å². The average molecular weight is 298 g/mol. The molecule has 1 amide bonds. The van der Waals surface area contributed by atoms with Gasteiger partial charge in [-0.05, 0) is 30.0 Å². The maximum atomic E-state index is 11.9. The molecule has 6 heteroatoms. The molecule has 1 aromatic carbocycles. The summed E-state index contributed by atoms with van der Waals surface area (Å²) in [7, 11) is -3.73. The fourth-order valence-electron chi connectivity index (χ4n) is 1.82. The third kappa shape index (κ3) is 5.30. The number of amides is 1. The molecule has 20 heavy (non-hydrogen) atoms. The average Bonchev–Trinajstić information content (AvgIpc) is 2.25. The van der Waals surface area contributed by atoms with Gasteiger partial charge in [0.1, 0.15) is 0 Å². The van der Waals surface area contributed by atoms with Crippen molar-refractivity contribution in [3.63, 3.8) is 0 Å². The van der Waals surface area contributed by atoms with Crippen molar-refractivity contribution in [1.29, 1.82) is 0 Å². The zero-order valence-corrected chi connectivity index (χ0v) is 13.1. The summed E-state index contributed by atoms with van der Waals surface area (Å²) in [5, 5.41) is 7.95. The maximum Gasteiger partial charge on any atom is 0.238 e. The molecule has 0 aliphatic heterocycles. The lowest BCUT2D eigenvalue weighted by Crippen LogP contribution is -2.30. The van der Waals surface area contributed by atoms with Crippen LogP contribution in [0.3, 0.4) is 0 Å². The van der Waals surface area contributed by atoms with Crippen LogP contribution in [0.2, 0.25) is 0 Å². The van der Waals surface area contributed by atoms with Crippen molar-refractivity contribution in [3.05, 3.63) is 29.8 Å². The zero-order chi connectivity index (χ0) is 15.6. The van der Waals surface area contributed by atoms with Crippen LogP contribution in [0.25, 0.3) is 0 Å². The highest BCUT2D eigenvalue weighted by Crippen LogP contribution is 2.20. The molecule has 0 aliphatic rings. The minimum Gasteiger partial charge on any atom is -0.350 e. The number of primary sulfonamides is 1. The van der Waals surface area contributed by atoms with Crippen LogP contribution in [0.4, 0.5) is 0 Å². The molecule has 5 nitrogen and oxygen atoms in total. The Morgan fingerprint density at radius 3 is 2.45 bits per heavy atom. The van der Waals surface area contributed by atoms with Gasteiger partial charge in [-0.1, -0.05) is 32.9 Å². The molecule has 0 spiro atoms. The summed E-state index contributed by atoms with van der Waals surface area (Å²) in [6.45, 7) is 7.76. The van der Waals surface area contributed by atoms with Crippen molar-refractivity contribution >= 4 is 15.9 Å². The summed E-state index contributed by atoms with van der Waals surface area (Å²) < 4.78 is 22.6. The first-order valence-corrected chi connectivity index (χ1v) is 7.96. The molecule has 0 saturated heterocycles. The van der Waals surface area contributed by atoms with Gasteiger partial charge in [-0.25, -0.2) is 13.6 Å². The van der Waals surface area contributed by atoms with E-state index in [-0.39, 0.29) is 22.3 Å². The highest BCUT2D eigenvalue weighted by Gasteiger charge is 2.18. The van der Waals surface area contributed by atoms with Gasteiger partial charge in [0.25, 0.3) is 0 Å².